The fourth-order valence-corrected chi connectivity index (χ4v) is 5.38. The fraction of sp³-hybridized carbons (Fsp3) is 0.321. The number of halogens is 3. The number of fused-ring (bicyclic) bond motifs is 3. The zero-order chi connectivity index (χ0) is 29.7. The van der Waals surface area contributed by atoms with E-state index in [4.69, 9.17) is 9.47 Å². The van der Waals surface area contributed by atoms with Gasteiger partial charge in [-0.2, -0.15) is 19.4 Å². The lowest BCUT2D eigenvalue weighted by Gasteiger charge is -2.36. The first-order chi connectivity index (χ1) is 19.2. The summed E-state index contributed by atoms with van der Waals surface area (Å²) >= 11 is 0. The number of rotatable bonds is 5. The van der Waals surface area contributed by atoms with Gasteiger partial charge in [-0.1, -0.05) is 18.2 Å². The average molecular weight is 591 g/mol. The summed E-state index contributed by atoms with van der Waals surface area (Å²) < 4.78 is 74.0. The SMILES string of the molecule is CC(C)(C)OC(=O)N1Cc2nc3cc(F)c(-c4ccc(S(C)(O)O)nc4)cc3n2[C@@H](c2ccccc2OC(F)F)C1. The van der Waals surface area contributed by atoms with Crippen LogP contribution >= 0.6 is 10.6 Å². The third-order valence-electron chi connectivity index (χ3n) is 6.48. The van der Waals surface area contributed by atoms with E-state index in [0.29, 0.717) is 28.0 Å². The third kappa shape index (κ3) is 5.97. The van der Waals surface area contributed by atoms with Gasteiger partial charge in [0.1, 0.15) is 28.0 Å². The molecule has 3 heterocycles. The Bertz CT molecular complexity index is 1600. The number of nitrogens with zero attached hydrogens (tertiary/aromatic N) is 4. The number of hydrogen-bond acceptors (Lipinski definition) is 7. The highest BCUT2D eigenvalue weighted by Gasteiger charge is 2.35. The molecule has 1 aliphatic heterocycles. The zero-order valence-electron chi connectivity index (χ0n) is 22.7. The molecule has 41 heavy (non-hydrogen) atoms. The second-order valence-electron chi connectivity index (χ2n) is 10.7. The predicted molar refractivity (Wildman–Crippen MR) is 148 cm³/mol. The van der Waals surface area contributed by atoms with Crippen LogP contribution in [-0.2, 0) is 11.3 Å². The highest BCUT2D eigenvalue weighted by atomic mass is 32.3. The Kier molecular flexibility index (Phi) is 7.38. The number of alkyl halides is 2. The Morgan fingerprint density at radius 2 is 1.88 bits per heavy atom. The molecule has 1 aliphatic rings. The number of hydrogen-bond donors (Lipinski definition) is 2. The van der Waals surface area contributed by atoms with Gasteiger partial charge >= 0.3 is 12.7 Å². The van der Waals surface area contributed by atoms with Gasteiger partial charge in [0.25, 0.3) is 0 Å². The van der Waals surface area contributed by atoms with Crippen LogP contribution in [0.3, 0.4) is 0 Å². The number of carbonyl (C=O) groups is 1. The highest BCUT2D eigenvalue weighted by Crippen LogP contribution is 2.43. The molecule has 5 rings (SSSR count). The van der Waals surface area contributed by atoms with Crippen LogP contribution in [0.2, 0.25) is 0 Å². The molecule has 4 aromatic rings. The lowest BCUT2D eigenvalue weighted by molar-refractivity contribution is -0.0509. The molecule has 13 heteroatoms. The maximum Gasteiger partial charge on any atom is 0.410 e. The molecule has 0 aliphatic carbocycles. The number of para-hydroxylation sites is 1. The van der Waals surface area contributed by atoms with Gasteiger partial charge in [0.05, 0.1) is 23.6 Å². The molecule has 2 N–H and O–H groups in total. The van der Waals surface area contributed by atoms with E-state index in [9.17, 15) is 22.7 Å². The van der Waals surface area contributed by atoms with E-state index in [1.54, 1.807) is 49.6 Å². The largest absolute Gasteiger partial charge is 0.444 e. The molecule has 1 amide bonds. The monoisotopic (exact) mass is 590 g/mol. The number of amides is 1. The highest BCUT2D eigenvalue weighted by molar-refractivity contribution is 8.23. The van der Waals surface area contributed by atoms with Gasteiger partial charge in [0, 0.05) is 41.8 Å². The Morgan fingerprint density at radius 3 is 2.51 bits per heavy atom. The molecular formula is C28H29F3N4O5S. The second kappa shape index (κ2) is 10.5. The number of carbonyl (C=O) groups excluding carboxylic acids is 1. The summed E-state index contributed by atoms with van der Waals surface area (Å²) in [5.41, 5.74) is 0.978. The smallest absolute Gasteiger partial charge is 0.410 e. The quantitative estimate of drug-likeness (QED) is 0.260. The molecule has 0 saturated carbocycles. The van der Waals surface area contributed by atoms with E-state index in [-0.39, 0.29) is 29.4 Å². The minimum absolute atomic E-state index is 0.0412. The molecule has 1 atom stereocenters. The zero-order valence-corrected chi connectivity index (χ0v) is 23.5. The molecule has 0 bridgehead atoms. The van der Waals surface area contributed by atoms with Crippen molar-refractivity contribution in [2.24, 2.45) is 0 Å². The van der Waals surface area contributed by atoms with Crippen LogP contribution in [0.25, 0.3) is 22.2 Å². The molecule has 0 radical (unpaired) electrons. The third-order valence-corrected chi connectivity index (χ3v) is 7.51. The summed E-state index contributed by atoms with van der Waals surface area (Å²) in [6.45, 7) is 2.23. The van der Waals surface area contributed by atoms with Gasteiger partial charge in [0.15, 0.2) is 0 Å². The summed E-state index contributed by atoms with van der Waals surface area (Å²) in [4.78, 5) is 23.2. The van der Waals surface area contributed by atoms with Gasteiger partial charge in [0.2, 0.25) is 0 Å². The van der Waals surface area contributed by atoms with Gasteiger partial charge in [-0.15, -0.1) is 0 Å². The van der Waals surface area contributed by atoms with Crippen LogP contribution in [-0.4, -0.2) is 59.6 Å². The lowest BCUT2D eigenvalue weighted by atomic mass is 10.0. The van der Waals surface area contributed by atoms with Gasteiger partial charge in [-0.25, -0.2) is 19.2 Å². The Balaban J connectivity index is 1.66. The van der Waals surface area contributed by atoms with E-state index >= 15 is 4.39 Å². The van der Waals surface area contributed by atoms with Crippen molar-refractivity contribution in [3.63, 3.8) is 0 Å². The van der Waals surface area contributed by atoms with Crippen LogP contribution in [0.5, 0.6) is 5.75 Å². The van der Waals surface area contributed by atoms with E-state index in [2.05, 4.69) is 9.97 Å². The number of pyridine rings is 1. The molecule has 0 fully saturated rings. The van der Waals surface area contributed by atoms with Gasteiger partial charge in [-0.3, -0.25) is 14.0 Å². The minimum atomic E-state index is -3.07. The minimum Gasteiger partial charge on any atom is -0.444 e. The molecule has 9 nitrogen and oxygen atoms in total. The van der Waals surface area contributed by atoms with Crippen molar-refractivity contribution >= 4 is 27.7 Å². The topological polar surface area (TPSA) is 110 Å². The van der Waals surface area contributed by atoms with Crippen LogP contribution in [0, 0.1) is 5.82 Å². The van der Waals surface area contributed by atoms with Gasteiger partial charge < -0.3 is 14.0 Å². The number of aromatic nitrogens is 3. The summed E-state index contributed by atoms with van der Waals surface area (Å²) in [6.07, 6.45) is 1.99. The summed E-state index contributed by atoms with van der Waals surface area (Å²) in [6, 6.07) is 11.4. The lowest BCUT2D eigenvalue weighted by Crippen LogP contribution is -2.44. The summed E-state index contributed by atoms with van der Waals surface area (Å²) in [5.74, 6) is -0.251. The molecule has 2 aromatic heterocycles. The van der Waals surface area contributed by atoms with E-state index in [1.165, 1.54) is 41.6 Å². The maximum absolute atomic E-state index is 15.4. The van der Waals surface area contributed by atoms with Crippen molar-refractivity contribution in [1.29, 1.82) is 0 Å². The van der Waals surface area contributed by atoms with Crippen LogP contribution in [0.15, 0.2) is 59.8 Å². The average Bonchev–Trinajstić information content (AvgIpc) is 3.23. The first-order valence-corrected chi connectivity index (χ1v) is 14.6. The van der Waals surface area contributed by atoms with Crippen molar-refractivity contribution in [2.75, 3.05) is 12.8 Å². The van der Waals surface area contributed by atoms with Crippen LogP contribution in [0.4, 0.5) is 18.0 Å². The first kappa shape index (κ1) is 28.7. The van der Waals surface area contributed by atoms with Crippen LogP contribution in [0.1, 0.15) is 38.2 Å². The second-order valence-corrected chi connectivity index (χ2v) is 12.8. The Morgan fingerprint density at radius 1 is 1.15 bits per heavy atom. The summed E-state index contributed by atoms with van der Waals surface area (Å²) in [5, 5.41) is 0.0717. The van der Waals surface area contributed by atoms with E-state index < -0.39 is 40.8 Å². The maximum atomic E-state index is 15.4. The van der Waals surface area contributed by atoms with Gasteiger partial charge in [-0.05, 0) is 45.0 Å². The van der Waals surface area contributed by atoms with Crippen molar-refractivity contribution in [2.45, 2.75) is 50.6 Å². The normalized spacial score (nSPS) is 16.1. The molecule has 2 aromatic carbocycles. The number of ether oxygens (including phenoxy) is 2. The first-order valence-electron chi connectivity index (χ1n) is 12.6. The van der Waals surface area contributed by atoms with Crippen molar-refractivity contribution < 1.29 is 36.5 Å². The fourth-order valence-electron chi connectivity index (χ4n) is 4.80. The van der Waals surface area contributed by atoms with Crippen molar-refractivity contribution in [3.05, 3.63) is 71.9 Å². The molecule has 0 unspecified atom stereocenters. The number of imidazole rings is 1. The molecule has 218 valence electrons. The standard InChI is InChI=1S/C28H29F3N4O5S/c1-28(2,3)40-27(36)34-14-22(17-7-5-6-8-23(17)39-26(30)31)35-21-11-18(19(29)12-20(21)33-24(35)15-34)16-9-10-25(32-13-16)41(4,37)38/h5-13,22,26,37-38H,14-15H2,1-4H3/t22-/m1/s1. The van der Waals surface area contributed by atoms with Crippen LogP contribution < -0.4 is 4.74 Å². The van der Waals surface area contributed by atoms with E-state index in [0.717, 1.165) is 0 Å². The predicted octanol–water partition coefficient (Wildman–Crippen LogP) is 6.92. The number of benzene rings is 2. The van der Waals surface area contributed by atoms with Crippen molar-refractivity contribution in [3.8, 4) is 16.9 Å². The Labute approximate surface area is 235 Å². The Hall–Kier alpha value is -3.81. The molecule has 0 spiro atoms. The summed E-state index contributed by atoms with van der Waals surface area (Å²) in [7, 11) is -3.05. The van der Waals surface area contributed by atoms with Crippen molar-refractivity contribution in [1.82, 2.24) is 19.4 Å². The van der Waals surface area contributed by atoms with E-state index in [1.807, 2.05) is 0 Å². The molecular weight excluding hydrogens is 561 g/mol. The molecule has 0 saturated heterocycles.